The molecular formula is C24H14F6OS2. The third-order valence-corrected chi connectivity index (χ3v) is 7.22. The predicted octanol–water partition coefficient (Wildman–Crippen LogP) is 7.47. The number of aldehydes is 1. The molecule has 1 aromatic carbocycles. The molecule has 1 nitrogen and oxygen atoms in total. The van der Waals surface area contributed by atoms with Gasteiger partial charge in [-0.25, -0.2) is 0 Å². The lowest BCUT2D eigenvalue weighted by Gasteiger charge is -2.25. The van der Waals surface area contributed by atoms with Crippen molar-refractivity contribution in [1.82, 2.24) is 0 Å². The number of carbonyl (C=O) groups excluding carboxylic acids is 1. The van der Waals surface area contributed by atoms with E-state index in [1.165, 1.54) is 13.8 Å². The van der Waals surface area contributed by atoms with Crippen LogP contribution in [-0.4, -0.2) is 24.1 Å². The minimum Gasteiger partial charge on any atom is -0.297 e. The highest BCUT2D eigenvalue weighted by Gasteiger charge is 2.80. The van der Waals surface area contributed by atoms with Gasteiger partial charge in [-0.05, 0) is 49.2 Å². The summed E-state index contributed by atoms with van der Waals surface area (Å²) < 4.78 is 88.7. The molecule has 0 aliphatic heterocycles. The molecule has 0 bridgehead atoms. The van der Waals surface area contributed by atoms with E-state index in [0.717, 1.165) is 34.8 Å². The minimum absolute atomic E-state index is 0.0276. The molecule has 3 aromatic rings. The monoisotopic (exact) mass is 496 g/mol. The van der Waals surface area contributed by atoms with Crippen molar-refractivity contribution in [1.29, 1.82) is 0 Å². The van der Waals surface area contributed by atoms with E-state index < -0.39 is 40.0 Å². The second-order valence-corrected chi connectivity index (χ2v) is 9.95. The SMILES string of the molecule is Cc1sc(C#Cc2ccccc2)cc1C1=C(c2cc(C=O)sc2C)C(F)(F)C(F)(F)C1(F)F. The number of thiophene rings is 2. The molecule has 0 radical (unpaired) electrons. The number of carbonyl (C=O) groups is 1. The van der Waals surface area contributed by atoms with Crippen LogP contribution in [0.3, 0.4) is 0 Å². The van der Waals surface area contributed by atoms with E-state index in [-0.39, 0.29) is 19.5 Å². The van der Waals surface area contributed by atoms with Gasteiger partial charge in [0.05, 0.1) is 9.75 Å². The maximum atomic E-state index is 15.0. The summed E-state index contributed by atoms with van der Waals surface area (Å²) in [6.07, 6.45) is 0.359. The van der Waals surface area contributed by atoms with Gasteiger partial charge in [0.2, 0.25) is 0 Å². The van der Waals surface area contributed by atoms with E-state index in [4.69, 9.17) is 0 Å². The molecular weight excluding hydrogens is 482 g/mol. The van der Waals surface area contributed by atoms with E-state index in [1.807, 2.05) is 0 Å². The summed E-state index contributed by atoms with van der Waals surface area (Å²) in [5.41, 5.74) is -3.14. The lowest BCUT2D eigenvalue weighted by molar-refractivity contribution is -0.254. The Kier molecular flexibility index (Phi) is 5.58. The number of hydrogen-bond acceptors (Lipinski definition) is 3. The van der Waals surface area contributed by atoms with Crippen molar-refractivity contribution < 1.29 is 31.1 Å². The highest BCUT2D eigenvalue weighted by atomic mass is 32.1. The summed E-state index contributed by atoms with van der Waals surface area (Å²) in [7, 11) is 0. The number of aryl methyl sites for hydroxylation is 2. The number of halogens is 6. The number of rotatable bonds is 3. The Morgan fingerprint density at radius 3 is 1.88 bits per heavy atom. The van der Waals surface area contributed by atoms with Crippen LogP contribution in [-0.2, 0) is 0 Å². The van der Waals surface area contributed by atoms with Gasteiger partial charge in [-0.1, -0.05) is 30.0 Å². The Labute approximate surface area is 193 Å². The molecule has 0 saturated carbocycles. The van der Waals surface area contributed by atoms with Gasteiger partial charge < -0.3 is 0 Å². The third-order valence-electron chi connectivity index (χ3n) is 5.28. The average Bonchev–Trinajstić information content (AvgIpc) is 3.34. The fourth-order valence-electron chi connectivity index (χ4n) is 3.69. The van der Waals surface area contributed by atoms with Crippen LogP contribution in [0.5, 0.6) is 0 Å². The zero-order valence-electron chi connectivity index (χ0n) is 17.1. The molecule has 0 saturated heterocycles. The zero-order chi connectivity index (χ0) is 24.2. The molecule has 1 aliphatic carbocycles. The smallest absolute Gasteiger partial charge is 0.297 e. The van der Waals surface area contributed by atoms with Gasteiger partial charge in [0.25, 0.3) is 0 Å². The van der Waals surface area contributed by atoms with Crippen molar-refractivity contribution in [2.75, 3.05) is 0 Å². The minimum atomic E-state index is -5.65. The van der Waals surface area contributed by atoms with Crippen molar-refractivity contribution in [2.24, 2.45) is 0 Å². The van der Waals surface area contributed by atoms with Crippen LogP contribution >= 0.6 is 22.7 Å². The number of benzene rings is 1. The van der Waals surface area contributed by atoms with Gasteiger partial charge >= 0.3 is 17.8 Å². The first-order valence-corrected chi connectivity index (χ1v) is 11.2. The van der Waals surface area contributed by atoms with E-state index in [1.54, 1.807) is 30.3 Å². The number of allylic oxidation sites excluding steroid dienone is 2. The van der Waals surface area contributed by atoms with E-state index in [2.05, 4.69) is 11.8 Å². The first-order valence-electron chi connectivity index (χ1n) is 9.54. The quantitative estimate of drug-likeness (QED) is 0.209. The largest absolute Gasteiger partial charge is 0.380 e. The predicted molar refractivity (Wildman–Crippen MR) is 118 cm³/mol. The molecule has 170 valence electrons. The fourth-order valence-corrected chi connectivity index (χ4v) is 5.42. The molecule has 9 heteroatoms. The van der Waals surface area contributed by atoms with Gasteiger partial charge in [-0.2, -0.15) is 26.3 Å². The van der Waals surface area contributed by atoms with Crippen molar-refractivity contribution in [3.63, 3.8) is 0 Å². The Balaban J connectivity index is 1.96. The Morgan fingerprint density at radius 1 is 0.788 bits per heavy atom. The highest BCUT2D eigenvalue weighted by Crippen LogP contribution is 2.65. The van der Waals surface area contributed by atoms with Crippen molar-refractivity contribution >= 4 is 40.1 Å². The van der Waals surface area contributed by atoms with Crippen LogP contribution in [0.25, 0.3) is 11.1 Å². The standard InChI is InChI=1S/C24H14F6OS2/c1-13-18(10-16(32-13)9-8-15-6-4-3-5-7-15)20-21(19-11-17(12-31)33-14(19)2)23(27,28)24(29,30)22(20,25)26/h3-7,10-12H,1-2H3. The van der Waals surface area contributed by atoms with Gasteiger partial charge in [0, 0.05) is 26.5 Å². The summed E-state index contributed by atoms with van der Waals surface area (Å²) in [4.78, 5) is 11.6. The normalized spacial score (nSPS) is 18.2. The second-order valence-electron chi connectivity index (χ2n) is 7.41. The zero-order valence-corrected chi connectivity index (χ0v) is 18.7. The topological polar surface area (TPSA) is 17.1 Å². The maximum Gasteiger partial charge on any atom is 0.380 e. The van der Waals surface area contributed by atoms with Crippen LogP contribution < -0.4 is 0 Å². The van der Waals surface area contributed by atoms with E-state index >= 15 is 0 Å². The van der Waals surface area contributed by atoms with Gasteiger partial charge in [-0.3, -0.25) is 4.79 Å². The summed E-state index contributed by atoms with van der Waals surface area (Å²) in [6, 6.07) is 10.8. The van der Waals surface area contributed by atoms with Crippen LogP contribution in [0.4, 0.5) is 26.3 Å². The molecule has 0 unspecified atom stereocenters. The fraction of sp³-hybridized carbons (Fsp3) is 0.208. The lowest BCUT2D eigenvalue weighted by atomic mass is 9.95. The summed E-state index contributed by atoms with van der Waals surface area (Å²) in [5, 5.41) is 0. The van der Waals surface area contributed by atoms with Crippen LogP contribution in [0.15, 0.2) is 42.5 Å². The first-order chi connectivity index (χ1) is 15.4. The Bertz CT molecular complexity index is 1340. The van der Waals surface area contributed by atoms with Gasteiger partial charge in [0.1, 0.15) is 0 Å². The second kappa shape index (κ2) is 7.89. The lowest BCUT2D eigenvalue weighted by Crippen LogP contribution is -2.48. The maximum absolute atomic E-state index is 15.0. The summed E-state index contributed by atoms with van der Waals surface area (Å²) >= 11 is 1.72. The molecule has 0 amide bonds. The molecule has 0 fully saturated rings. The molecule has 33 heavy (non-hydrogen) atoms. The molecule has 0 N–H and O–H groups in total. The van der Waals surface area contributed by atoms with E-state index in [0.29, 0.717) is 11.8 Å². The summed E-state index contributed by atoms with van der Waals surface area (Å²) in [5.74, 6) is -10.3. The van der Waals surface area contributed by atoms with Crippen LogP contribution in [0, 0.1) is 25.7 Å². The Morgan fingerprint density at radius 2 is 1.33 bits per heavy atom. The van der Waals surface area contributed by atoms with Crippen LogP contribution in [0.2, 0.25) is 0 Å². The number of alkyl halides is 6. The van der Waals surface area contributed by atoms with Gasteiger partial charge in [0.15, 0.2) is 6.29 Å². The third kappa shape index (κ3) is 3.52. The highest BCUT2D eigenvalue weighted by molar-refractivity contribution is 7.14. The molecule has 0 spiro atoms. The average molecular weight is 496 g/mol. The van der Waals surface area contributed by atoms with Crippen LogP contribution in [0.1, 0.15) is 41.0 Å². The molecule has 0 atom stereocenters. The Hall–Kier alpha value is -2.83. The molecule has 1 aliphatic rings. The van der Waals surface area contributed by atoms with Gasteiger partial charge in [-0.15, -0.1) is 22.7 Å². The molecule has 2 aromatic heterocycles. The number of hydrogen-bond donors (Lipinski definition) is 0. The van der Waals surface area contributed by atoms with Crippen molar-refractivity contribution in [3.8, 4) is 11.8 Å². The van der Waals surface area contributed by atoms with Crippen molar-refractivity contribution in [3.05, 3.63) is 78.7 Å². The van der Waals surface area contributed by atoms with Crippen molar-refractivity contribution in [2.45, 2.75) is 31.6 Å². The first kappa shape index (κ1) is 23.3. The summed E-state index contributed by atoms with van der Waals surface area (Å²) in [6.45, 7) is 2.71. The molecule has 4 rings (SSSR count). The van der Waals surface area contributed by atoms with E-state index in [9.17, 15) is 31.1 Å². The molecule has 2 heterocycles.